The van der Waals surface area contributed by atoms with E-state index in [1.807, 2.05) is 18.2 Å². The van der Waals surface area contributed by atoms with Crippen LogP contribution in [0.2, 0.25) is 0 Å². The van der Waals surface area contributed by atoms with Gasteiger partial charge in [0, 0.05) is 17.9 Å². The highest BCUT2D eigenvalue weighted by Gasteiger charge is 2.09. The number of nitro groups is 1. The first-order valence-corrected chi connectivity index (χ1v) is 11.1. The van der Waals surface area contributed by atoms with Crippen molar-refractivity contribution < 1.29 is 9.72 Å². The molecule has 1 heterocycles. The predicted octanol–water partition coefficient (Wildman–Crippen LogP) is 3.98. The van der Waals surface area contributed by atoms with Gasteiger partial charge in [0.1, 0.15) is 0 Å². The molecule has 0 unspecified atom stereocenters. The summed E-state index contributed by atoms with van der Waals surface area (Å²) in [6.07, 6.45) is 1.43. The van der Waals surface area contributed by atoms with E-state index in [-0.39, 0.29) is 17.3 Å². The number of thioether (sulfide) groups is 2. The Bertz CT molecular complexity index is 993. The fraction of sp³-hybridized carbons (Fsp3) is 0.111. The van der Waals surface area contributed by atoms with E-state index in [1.54, 1.807) is 23.9 Å². The van der Waals surface area contributed by atoms with Gasteiger partial charge < -0.3 is 0 Å². The average Bonchev–Trinajstić information content (AvgIpc) is 3.20. The molecule has 1 aromatic heterocycles. The van der Waals surface area contributed by atoms with Crippen LogP contribution in [0.15, 0.2) is 68.4 Å². The summed E-state index contributed by atoms with van der Waals surface area (Å²) in [4.78, 5) is 22.0. The molecule has 0 saturated carbocycles. The first-order chi connectivity index (χ1) is 14.1. The van der Waals surface area contributed by atoms with Crippen LogP contribution >= 0.6 is 34.9 Å². The Balaban J connectivity index is 1.40. The van der Waals surface area contributed by atoms with E-state index in [0.29, 0.717) is 5.56 Å². The molecular formula is C18H15N5O3S3. The molecule has 0 aliphatic heterocycles. The van der Waals surface area contributed by atoms with E-state index in [4.69, 9.17) is 0 Å². The second-order valence-electron chi connectivity index (χ2n) is 5.54. The minimum absolute atomic E-state index is 0.000874. The Morgan fingerprint density at radius 1 is 1.10 bits per heavy atom. The highest BCUT2D eigenvalue weighted by molar-refractivity contribution is 8.03. The molecule has 1 N–H and O–H groups in total. The van der Waals surface area contributed by atoms with Crippen molar-refractivity contribution in [1.82, 2.24) is 15.6 Å². The number of nitro benzene ring substituents is 1. The Kier molecular flexibility index (Phi) is 7.73. The summed E-state index contributed by atoms with van der Waals surface area (Å²) in [5.74, 6) is 0.704. The van der Waals surface area contributed by atoms with Crippen LogP contribution in [0.5, 0.6) is 0 Å². The van der Waals surface area contributed by atoms with E-state index in [2.05, 4.69) is 32.9 Å². The van der Waals surface area contributed by atoms with Gasteiger partial charge in [-0.1, -0.05) is 65.2 Å². The van der Waals surface area contributed by atoms with Crippen molar-refractivity contribution in [3.8, 4) is 0 Å². The summed E-state index contributed by atoms with van der Waals surface area (Å²) in [6, 6.07) is 16.0. The molecular weight excluding hydrogens is 430 g/mol. The van der Waals surface area contributed by atoms with E-state index in [1.165, 1.54) is 47.0 Å². The van der Waals surface area contributed by atoms with Crippen LogP contribution in [0.3, 0.4) is 0 Å². The molecule has 29 heavy (non-hydrogen) atoms. The van der Waals surface area contributed by atoms with Gasteiger partial charge in [-0.2, -0.15) is 5.10 Å². The average molecular weight is 446 g/mol. The number of non-ortho nitro benzene ring substituents is 1. The Morgan fingerprint density at radius 3 is 2.48 bits per heavy atom. The lowest BCUT2D eigenvalue weighted by Crippen LogP contribution is -2.19. The van der Waals surface area contributed by atoms with Crippen molar-refractivity contribution in [2.24, 2.45) is 5.10 Å². The van der Waals surface area contributed by atoms with Gasteiger partial charge in [-0.3, -0.25) is 14.9 Å². The number of hydrazone groups is 1. The summed E-state index contributed by atoms with van der Waals surface area (Å²) < 4.78 is 1.57. The van der Waals surface area contributed by atoms with Gasteiger partial charge in [0.25, 0.3) is 11.6 Å². The molecule has 11 heteroatoms. The Labute approximate surface area is 179 Å². The van der Waals surface area contributed by atoms with Crippen molar-refractivity contribution in [2.45, 2.75) is 14.4 Å². The summed E-state index contributed by atoms with van der Waals surface area (Å²) in [5.41, 5.74) is 4.28. The molecule has 0 aliphatic rings. The normalized spacial score (nSPS) is 10.9. The van der Waals surface area contributed by atoms with Crippen LogP contribution < -0.4 is 5.43 Å². The minimum Gasteiger partial charge on any atom is -0.272 e. The van der Waals surface area contributed by atoms with E-state index >= 15 is 0 Å². The highest BCUT2D eigenvalue weighted by atomic mass is 32.2. The first-order valence-electron chi connectivity index (χ1n) is 8.29. The van der Waals surface area contributed by atoms with Crippen LogP contribution in [0, 0.1) is 10.1 Å². The van der Waals surface area contributed by atoms with Gasteiger partial charge in [0.05, 0.1) is 16.9 Å². The zero-order chi connectivity index (χ0) is 20.5. The number of carbonyl (C=O) groups is 1. The van der Waals surface area contributed by atoms with E-state index < -0.39 is 4.92 Å². The standard InChI is InChI=1S/C18H15N5O3S3/c24-16(20-19-10-13-6-8-15(9-7-13)23(25)26)12-28-18-22-21-17(29-18)27-11-14-4-2-1-3-5-14/h1-10H,11-12H2,(H,20,24)/b19-10+. The maximum Gasteiger partial charge on any atom is 0.269 e. The van der Waals surface area contributed by atoms with Crippen molar-refractivity contribution in [3.05, 3.63) is 75.8 Å². The van der Waals surface area contributed by atoms with Crippen molar-refractivity contribution in [3.63, 3.8) is 0 Å². The van der Waals surface area contributed by atoms with Gasteiger partial charge in [0.2, 0.25) is 0 Å². The maximum atomic E-state index is 11.9. The van der Waals surface area contributed by atoms with E-state index in [9.17, 15) is 14.9 Å². The zero-order valence-electron chi connectivity index (χ0n) is 14.9. The predicted molar refractivity (Wildman–Crippen MR) is 115 cm³/mol. The number of hydrogen-bond donors (Lipinski definition) is 1. The summed E-state index contributed by atoms with van der Waals surface area (Å²) in [5, 5.41) is 22.7. The van der Waals surface area contributed by atoms with Gasteiger partial charge in [0.15, 0.2) is 8.68 Å². The molecule has 0 aliphatic carbocycles. The maximum absolute atomic E-state index is 11.9. The smallest absolute Gasteiger partial charge is 0.269 e. The van der Waals surface area contributed by atoms with Gasteiger partial charge in [-0.05, 0) is 23.3 Å². The second-order valence-corrected chi connectivity index (χ2v) is 8.96. The molecule has 1 amide bonds. The third kappa shape index (κ3) is 6.97. The lowest BCUT2D eigenvalue weighted by Gasteiger charge is -1.98. The Hall–Kier alpha value is -2.76. The Morgan fingerprint density at radius 2 is 1.79 bits per heavy atom. The number of hydrogen-bond acceptors (Lipinski definition) is 9. The third-order valence-corrected chi connectivity index (χ3v) is 6.69. The minimum atomic E-state index is -0.473. The quantitative estimate of drug-likeness (QED) is 0.229. The van der Waals surface area contributed by atoms with Crippen molar-refractivity contribution >= 4 is 52.7 Å². The molecule has 148 valence electrons. The van der Waals surface area contributed by atoms with Crippen LogP contribution in [0.1, 0.15) is 11.1 Å². The number of rotatable bonds is 9. The zero-order valence-corrected chi connectivity index (χ0v) is 17.4. The second kappa shape index (κ2) is 10.7. The molecule has 3 rings (SSSR count). The van der Waals surface area contributed by atoms with Crippen LogP contribution in [0.25, 0.3) is 0 Å². The lowest BCUT2D eigenvalue weighted by molar-refractivity contribution is -0.384. The lowest BCUT2D eigenvalue weighted by atomic mass is 10.2. The number of nitrogens with one attached hydrogen (secondary N) is 1. The van der Waals surface area contributed by atoms with Gasteiger partial charge in [-0.15, -0.1) is 10.2 Å². The third-order valence-electron chi connectivity index (χ3n) is 3.43. The molecule has 0 atom stereocenters. The molecule has 3 aromatic rings. The SMILES string of the molecule is O=C(CSc1nnc(SCc2ccccc2)s1)N/N=C/c1ccc([N+](=O)[O-])cc1. The fourth-order valence-electron chi connectivity index (χ4n) is 2.05. The molecule has 2 aromatic carbocycles. The molecule has 0 fully saturated rings. The topological polar surface area (TPSA) is 110 Å². The number of carbonyl (C=O) groups excluding carboxylic acids is 1. The number of nitrogens with zero attached hydrogens (tertiary/aromatic N) is 4. The van der Waals surface area contributed by atoms with Crippen LogP contribution in [-0.4, -0.2) is 33.0 Å². The molecule has 8 nitrogen and oxygen atoms in total. The molecule has 0 saturated heterocycles. The molecule has 0 bridgehead atoms. The van der Waals surface area contributed by atoms with Crippen molar-refractivity contribution in [2.75, 3.05) is 5.75 Å². The number of amides is 1. The van der Waals surface area contributed by atoms with E-state index in [0.717, 1.165) is 14.4 Å². The molecule has 0 spiro atoms. The molecule has 0 radical (unpaired) electrons. The largest absolute Gasteiger partial charge is 0.272 e. The number of aromatic nitrogens is 2. The first kappa shape index (κ1) is 21.0. The highest BCUT2D eigenvalue weighted by Crippen LogP contribution is 2.30. The monoisotopic (exact) mass is 445 g/mol. The summed E-state index contributed by atoms with van der Waals surface area (Å²) in [7, 11) is 0. The fourth-order valence-corrected chi connectivity index (χ4v) is 4.82. The number of benzene rings is 2. The van der Waals surface area contributed by atoms with Crippen LogP contribution in [0.4, 0.5) is 5.69 Å². The van der Waals surface area contributed by atoms with Crippen LogP contribution in [-0.2, 0) is 10.5 Å². The summed E-state index contributed by atoms with van der Waals surface area (Å²) in [6.45, 7) is 0. The van der Waals surface area contributed by atoms with Crippen molar-refractivity contribution in [1.29, 1.82) is 0 Å². The van der Waals surface area contributed by atoms with Gasteiger partial charge in [-0.25, -0.2) is 5.43 Å². The summed E-state index contributed by atoms with van der Waals surface area (Å²) >= 11 is 4.35. The van der Waals surface area contributed by atoms with Gasteiger partial charge >= 0.3 is 0 Å².